The zero-order valence-corrected chi connectivity index (χ0v) is 20.1. The van der Waals surface area contributed by atoms with Crippen LogP contribution in [-0.2, 0) is 42.9 Å². The summed E-state index contributed by atoms with van der Waals surface area (Å²) >= 11 is -0.544. The number of carbonyl (C=O) groups is 4. The van der Waals surface area contributed by atoms with Gasteiger partial charge in [-0.1, -0.05) is 0 Å². The van der Waals surface area contributed by atoms with Crippen molar-refractivity contribution in [3.63, 3.8) is 0 Å². The molecule has 0 aliphatic carbocycles. The van der Waals surface area contributed by atoms with Gasteiger partial charge in [-0.3, -0.25) is 0 Å². The topological polar surface area (TPSA) is 136 Å². The normalized spacial score (nSPS) is 24.7. The zero-order valence-electron chi connectivity index (χ0n) is 18.3. The van der Waals surface area contributed by atoms with Crippen molar-refractivity contribution in [3.05, 3.63) is 34.6 Å². The average molecular weight is 528 g/mol. The first-order valence-electron chi connectivity index (χ1n) is 9.99. The van der Waals surface area contributed by atoms with E-state index in [0.29, 0.717) is 5.39 Å². The van der Waals surface area contributed by atoms with Gasteiger partial charge in [0.15, 0.2) is 0 Å². The van der Waals surface area contributed by atoms with Crippen LogP contribution in [-0.4, -0.2) is 73.2 Å². The monoisotopic (exact) mass is 529 g/mol. The van der Waals surface area contributed by atoms with Crippen molar-refractivity contribution < 1.29 is 42.9 Å². The molecule has 5 atom stereocenters. The number of esters is 4. The van der Waals surface area contributed by atoms with Crippen LogP contribution < -0.4 is 5.56 Å². The average Bonchev–Trinajstić information content (AvgIpc) is 3.05. The quantitative estimate of drug-likeness (QED) is 0.293. The fourth-order valence-electron chi connectivity index (χ4n) is 3.55. The maximum absolute atomic E-state index is 13.1. The molecule has 3 rings (SSSR count). The van der Waals surface area contributed by atoms with Gasteiger partial charge in [-0.2, -0.15) is 0 Å². The number of fused-ring (bicyclic) bond motifs is 1. The second-order valence-corrected chi connectivity index (χ2v) is 9.44. The number of aromatic nitrogens is 1. The molecular weight excluding hydrogens is 505 g/mol. The summed E-state index contributed by atoms with van der Waals surface area (Å²) in [5, 5.41) is 0.477. The van der Waals surface area contributed by atoms with Crippen LogP contribution >= 0.6 is 0 Å². The van der Waals surface area contributed by atoms with Crippen molar-refractivity contribution in [1.82, 2.24) is 3.56 Å². The first kappa shape index (κ1) is 24.7. The van der Waals surface area contributed by atoms with Gasteiger partial charge < -0.3 is 0 Å². The van der Waals surface area contributed by atoms with E-state index in [1.165, 1.54) is 10.5 Å². The molecule has 0 amide bonds. The molecule has 0 bridgehead atoms. The summed E-state index contributed by atoms with van der Waals surface area (Å²) in [5.74, 6) is -2.79. The first-order chi connectivity index (χ1) is 15.6. The molecule has 1 aliphatic rings. The molecule has 33 heavy (non-hydrogen) atoms. The van der Waals surface area contributed by atoms with Gasteiger partial charge in [-0.15, -0.1) is 0 Å². The Kier molecular flexibility index (Phi) is 7.72. The number of carbonyl (C=O) groups excluding carboxylic acids is 4. The van der Waals surface area contributed by atoms with E-state index in [2.05, 4.69) is 0 Å². The van der Waals surface area contributed by atoms with Crippen molar-refractivity contribution in [2.45, 2.75) is 58.3 Å². The summed E-state index contributed by atoms with van der Waals surface area (Å²) in [6, 6.07) is 7.00. The number of benzene rings is 1. The summed E-state index contributed by atoms with van der Waals surface area (Å²) in [7, 11) is 0. The fourth-order valence-corrected chi connectivity index (χ4v) is 5.77. The van der Waals surface area contributed by atoms with Crippen LogP contribution in [0.5, 0.6) is 0 Å². The number of nitrogens with zero attached hydrogens (tertiary/aromatic N) is 1. The SMILES string of the molecule is CC(=O)OC[C@H]1O[C@@H](n2[se]c3ccccc3c2=O)[C@H](OC(C)=O)[C@@H](OC(C)=O)[C@@H]1OC(C)=O. The second-order valence-electron chi connectivity index (χ2n) is 7.31. The van der Waals surface area contributed by atoms with E-state index in [1.54, 1.807) is 24.3 Å². The van der Waals surface area contributed by atoms with E-state index in [4.69, 9.17) is 23.7 Å². The predicted octanol–water partition coefficient (Wildman–Crippen LogP) is 0.314. The van der Waals surface area contributed by atoms with Crippen molar-refractivity contribution in [2.24, 2.45) is 0 Å². The van der Waals surface area contributed by atoms with Gasteiger partial charge in [0.25, 0.3) is 0 Å². The summed E-state index contributed by atoms with van der Waals surface area (Å²) in [5.41, 5.74) is -0.355. The molecule has 2 aromatic rings. The summed E-state index contributed by atoms with van der Waals surface area (Å²) in [4.78, 5) is 60.2. The van der Waals surface area contributed by atoms with Gasteiger partial charge in [-0.25, -0.2) is 0 Å². The first-order valence-corrected chi connectivity index (χ1v) is 11.6. The molecule has 1 aromatic carbocycles. The van der Waals surface area contributed by atoms with Crippen molar-refractivity contribution in [2.75, 3.05) is 6.61 Å². The Labute approximate surface area is 194 Å². The van der Waals surface area contributed by atoms with Crippen LogP contribution in [0.4, 0.5) is 0 Å². The van der Waals surface area contributed by atoms with Crippen LogP contribution in [0.2, 0.25) is 0 Å². The van der Waals surface area contributed by atoms with E-state index in [0.717, 1.165) is 25.0 Å². The van der Waals surface area contributed by atoms with Crippen molar-refractivity contribution in [1.29, 1.82) is 0 Å². The van der Waals surface area contributed by atoms with Crippen LogP contribution in [0.3, 0.4) is 0 Å². The van der Waals surface area contributed by atoms with E-state index in [1.807, 2.05) is 0 Å². The molecular formula is C21H23NO10Se. The summed E-state index contributed by atoms with van der Waals surface area (Å²) in [6.45, 7) is 4.28. The van der Waals surface area contributed by atoms with E-state index in [-0.39, 0.29) is 12.2 Å². The fraction of sp³-hybridized carbons (Fsp3) is 0.476. The number of hydrogen-bond acceptors (Lipinski definition) is 10. The molecule has 0 N–H and O–H groups in total. The van der Waals surface area contributed by atoms with Gasteiger partial charge in [-0.05, 0) is 0 Å². The summed E-state index contributed by atoms with van der Waals surface area (Å²) in [6.07, 6.45) is -6.18. The Morgan fingerprint density at radius 3 is 2.03 bits per heavy atom. The molecule has 0 unspecified atom stereocenters. The van der Waals surface area contributed by atoms with Gasteiger partial charge in [0, 0.05) is 0 Å². The Bertz CT molecular complexity index is 1120. The Hall–Kier alpha value is -2.95. The van der Waals surface area contributed by atoms with Crippen molar-refractivity contribution >= 4 is 48.3 Å². The zero-order chi connectivity index (χ0) is 24.3. The third-order valence-electron chi connectivity index (χ3n) is 4.71. The standard InChI is InChI=1S/C21H23NO10Se/c1-10(23)28-9-15-17(29-11(2)24)18(30-12(3)25)19(31-13(4)26)21(32-15)22-20(27)14-7-5-6-8-16(14)33-22/h5-8,15,17-19,21H,9H2,1-4H3/t15-,17-,18+,19-,21-/m1/s1. The molecule has 1 fully saturated rings. The molecule has 0 saturated carbocycles. The van der Waals surface area contributed by atoms with E-state index < -0.39 is 69.3 Å². The molecule has 1 aromatic heterocycles. The third kappa shape index (κ3) is 5.70. The Morgan fingerprint density at radius 2 is 1.45 bits per heavy atom. The minimum atomic E-state index is -1.32. The van der Waals surface area contributed by atoms with Crippen molar-refractivity contribution in [3.8, 4) is 0 Å². The minimum absolute atomic E-state index is 0.351. The Morgan fingerprint density at radius 1 is 0.879 bits per heavy atom. The second kappa shape index (κ2) is 10.3. The molecule has 178 valence electrons. The van der Waals surface area contributed by atoms with Crippen LogP contribution in [0.15, 0.2) is 29.1 Å². The molecule has 11 nitrogen and oxygen atoms in total. The van der Waals surface area contributed by atoms with Gasteiger partial charge >= 0.3 is 194 Å². The van der Waals surface area contributed by atoms with Gasteiger partial charge in [0.1, 0.15) is 0 Å². The number of hydrogen-bond donors (Lipinski definition) is 0. The molecule has 0 radical (unpaired) electrons. The molecule has 2 heterocycles. The van der Waals surface area contributed by atoms with Crippen LogP contribution in [0.1, 0.15) is 33.9 Å². The van der Waals surface area contributed by atoms with Gasteiger partial charge in [0.05, 0.1) is 0 Å². The number of rotatable bonds is 6. The summed E-state index contributed by atoms with van der Waals surface area (Å²) < 4.78 is 29.5. The van der Waals surface area contributed by atoms with E-state index in [9.17, 15) is 24.0 Å². The van der Waals surface area contributed by atoms with Gasteiger partial charge in [0.2, 0.25) is 0 Å². The molecule has 12 heteroatoms. The van der Waals surface area contributed by atoms with E-state index >= 15 is 0 Å². The molecule has 1 aliphatic heterocycles. The van der Waals surface area contributed by atoms with Crippen LogP contribution in [0, 0.1) is 0 Å². The predicted molar refractivity (Wildman–Crippen MR) is 112 cm³/mol. The van der Waals surface area contributed by atoms with Crippen LogP contribution in [0.25, 0.3) is 9.65 Å². The molecule has 0 spiro atoms. The molecule has 1 saturated heterocycles. The number of ether oxygens (including phenoxy) is 5. The third-order valence-corrected chi connectivity index (χ3v) is 7.07. The maximum atomic E-state index is 13.1. The Balaban J connectivity index is 2.13.